The Kier molecular flexibility index (Phi) is 1.96. The molecular formula is C9H7BrS. The molecule has 0 saturated heterocycles. The fourth-order valence-corrected chi connectivity index (χ4v) is 2.50. The lowest BCUT2D eigenvalue weighted by molar-refractivity contribution is 1.50. The van der Waals surface area contributed by atoms with Crippen molar-refractivity contribution >= 4 is 37.4 Å². The van der Waals surface area contributed by atoms with E-state index in [1.54, 1.807) is 11.3 Å². The van der Waals surface area contributed by atoms with Crippen molar-refractivity contribution in [2.24, 2.45) is 0 Å². The van der Waals surface area contributed by atoms with Gasteiger partial charge in [0.25, 0.3) is 0 Å². The molecule has 1 heterocycles. The first-order chi connectivity index (χ1) is 5.42. The Balaban J connectivity index is 2.79. The van der Waals surface area contributed by atoms with E-state index >= 15 is 0 Å². The first-order valence-electron chi connectivity index (χ1n) is 3.43. The normalized spacial score (nSPS) is 10.6. The molecule has 0 fully saturated rings. The molecule has 1 aromatic carbocycles. The number of rotatable bonds is 1. The summed E-state index contributed by atoms with van der Waals surface area (Å²) in [4.78, 5) is 0. The highest BCUT2D eigenvalue weighted by Crippen LogP contribution is 2.25. The maximum atomic E-state index is 3.47. The average Bonchev–Trinajstić information content (AvgIpc) is 2.50. The topological polar surface area (TPSA) is 0 Å². The molecule has 56 valence electrons. The van der Waals surface area contributed by atoms with Gasteiger partial charge in [0.15, 0.2) is 0 Å². The zero-order valence-corrected chi connectivity index (χ0v) is 8.28. The average molecular weight is 227 g/mol. The van der Waals surface area contributed by atoms with Crippen molar-refractivity contribution in [1.29, 1.82) is 0 Å². The molecule has 2 rings (SSSR count). The third-order valence-corrected chi connectivity index (χ3v) is 3.22. The van der Waals surface area contributed by atoms with Gasteiger partial charge in [0, 0.05) is 10.0 Å². The number of hydrogen-bond acceptors (Lipinski definition) is 1. The first-order valence-corrected chi connectivity index (χ1v) is 5.43. The smallest absolute Gasteiger partial charge is 0.0345 e. The maximum absolute atomic E-state index is 3.47. The van der Waals surface area contributed by atoms with Crippen molar-refractivity contribution in [2.45, 2.75) is 5.33 Å². The Morgan fingerprint density at radius 1 is 1.27 bits per heavy atom. The van der Waals surface area contributed by atoms with Crippen LogP contribution in [-0.4, -0.2) is 0 Å². The molecule has 0 saturated carbocycles. The van der Waals surface area contributed by atoms with Gasteiger partial charge in [-0.1, -0.05) is 28.1 Å². The van der Waals surface area contributed by atoms with E-state index < -0.39 is 0 Å². The maximum Gasteiger partial charge on any atom is 0.0345 e. The van der Waals surface area contributed by atoms with E-state index in [9.17, 15) is 0 Å². The Morgan fingerprint density at radius 3 is 3.00 bits per heavy atom. The van der Waals surface area contributed by atoms with E-state index in [0.29, 0.717) is 0 Å². The van der Waals surface area contributed by atoms with E-state index in [-0.39, 0.29) is 0 Å². The van der Waals surface area contributed by atoms with Gasteiger partial charge in [-0.15, -0.1) is 11.3 Å². The molecule has 0 atom stereocenters. The minimum Gasteiger partial charge on any atom is -0.144 e. The Morgan fingerprint density at radius 2 is 2.18 bits per heavy atom. The van der Waals surface area contributed by atoms with Crippen LogP contribution in [0.2, 0.25) is 0 Å². The molecule has 0 amide bonds. The predicted octanol–water partition coefficient (Wildman–Crippen LogP) is 3.80. The summed E-state index contributed by atoms with van der Waals surface area (Å²) < 4.78 is 1.38. The lowest BCUT2D eigenvalue weighted by Crippen LogP contribution is -1.75. The van der Waals surface area contributed by atoms with E-state index in [0.717, 1.165) is 5.33 Å². The van der Waals surface area contributed by atoms with E-state index in [2.05, 4.69) is 45.6 Å². The summed E-state index contributed by atoms with van der Waals surface area (Å²) in [7, 11) is 0. The SMILES string of the molecule is BrCc1cccc2sccc12. The van der Waals surface area contributed by atoms with Crippen LogP contribution in [-0.2, 0) is 5.33 Å². The standard InChI is InChI=1S/C9H7BrS/c10-6-7-2-1-3-9-8(7)4-5-11-9/h1-5H,6H2. The third kappa shape index (κ3) is 1.21. The molecule has 0 aliphatic heterocycles. The summed E-state index contributed by atoms with van der Waals surface area (Å²) in [6.07, 6.45) is 0. The molecule has 2 heteroatoms. The van der Waals surface area contributed by atoms with Gasteiger partial charge in [-0.3, -0.25) is 0 Å². The van der Waals surface area contributed by atoms with E-state index in [1.165, 1.54) is 15.6 Å². The molecule has 0 unspecified atom stereocenters. The molecule has 0 nitrogen and oxygen atoms in total. The van der Waals surface area contributed by atoms with Crippen LogP contribution in [0.15, 0.2) is 29.6 Å². The summed E-state index contributed by atoms with van der Waals surface area (Å²) in [5.74, 6) is 0. The highest BCUT2D eigenvalue weighted by Gasteiger charge is 1.98. The van der Waals surface area contributed by atoms with Crippen LogP contribution in [0.25, 0.3) is 10.1 Å². The molecule has 0 bridgehead atoms. The quantitative estimate of drug-likeness (QED) is 0.650. The molecule has 11 heavy (non-hydrogen) atoms. The lowest BCUT2D eigenvalue weighted by Gasteiger charge is -1.95. The van der Waals surface area contributed by atoms with Crippen molar-refractivity contribution < 1.29 is 0 Å². The van der Waals surface area contributed by atoms with Crippen LogP contribution in [0.5, 0.6) is 0 Å². The monoisotopic (exact) mass is 226 g/mol. The summed E-state index contributed by atoms with van der Waals surface area (Å²) in [6.45, 7) is 0. The van der Waals surface area contributed by atoms with Crippen LogP contribution in [0.3, 0.4) is 0 Å². The van der Waals surface area contributed by atoms with Crippen LogP contribution in [0.1, 0.15) is 5.56 Å². The van der Waals surface area contributed by atoms with E-state index in [4.69, 9.17) is 0 Å². The van der Waals surface area contributed by atoms with Crippen molar-refractivity contribution in [2.75, 3.05) is 0 Å². The van der Waals surface area contributed by atoms with Crippen molar-refractivity contribution in [3.63, 3.8) is 0 Å². The van der Waals surface area contributed by atoms with Gasteiger partial charge in [0.2, 0.25) is 0 Å². The molecule has 0 spiro atoms. The fourth-order valence-electron chi connectivity index (χ4n) is 1.17. The van der Waals surface area contributed by atoms with Crippen LogP contribution >= 0.6 is 27.3 Å². The third-order valence-electron chi connectivity index (χ3n) is 1.73. The fraction of sp³-hybridized carbons (Fsp3) is 0.111. The number of halogens is 1. The largest absolute Gasteiger partial charge is 0.144 e. The first kappa shape index (κ1) is 7.32. The highest BCUT2D eigenvalue weighted by molar-refractivity contribution is 9.08. The minimum absolute atomic E-state index is 0.946. The van der Waals surface area contributed by atoms with Gasteiger partial charge in [0.05, 0.1) is 0 Å². The van der Waals surface area contributed by atoms with Gasteiger partial charge >= 0.3 is 0 Å². The number of alkyl halides is 1. The predicted molar refractivity (Wildman–Crippen MR) is 54.5 cm³/mol. The molecule has 1 aromatic heterocycles. The van der Waals surface area contributed by atoms with Crippen LogP contribution < -0.4 is 0 Å². The lowest BCUT2D eigenvalue weighted by atomic mass is 10.2. The van der Waals surface area contributed by atoms with Crippen molar-refractivity contribution in [3.8, 4) is 0 Å². The second kappa shape index (κ2) is 2.95. The summed E-state index contributed by atoms with van der Waals surface area (Å²) in [5, 5.41) is 4.46. The Hall–Kier alpha value is -0.340. The number of thiophene rings is 1. The van der Waals surface area contributed by atoms with Gasteiger partial charge in [-0.25, -0.2) is 0 Å². The van der Waals surface area contributed by atoms with Crippen LogP contribution in [0.4, 0.5) is 0 Å². The van der Waals surface area contributed by atoms with Crippen molar-refractivity contribution in [1.82, 2.24) is 0 Å². The Bertz CT molecular complexity index is 364. The zero-order chi connectivity index (χ0) is 7.68. The minimum atomic E-state index is 0.946. The van der Waals surface area contributed by atoms with Crippen LogP contribution in [0, 0.1) is 0 Å². The molecule has 2 aromatic rings. The molecule has 0 aliphatic rings. The van der Waals surface area contributed by atoms with E-state index in [1.807, 2.05) is 0 Å². The summed E-state index contributed by atoms with van der Waals surface area (Å²) in [6, 6.07) is 8.60. The number of hydrogen-bond donors (Lipinski definition) is 0. The van der Waals surface area contributed by atoms with Gasteiger partial charge in [0.1, 0.15) is 0 Å². The zero-order valence-electron chi connectivity index (χ0n) is 5.88. The molecule has 0 radical (unpaired) electrons. The Labute approximate surface area is 78.0 Å². The molecule has 0 aliphatic carbocycles. The highest BCUT2D eigenvalue weighted by atomic mass is 79.9. The molecule has 0 N–H and O–H groups in total. The summed E-state index contributed by atoms with van der Waals surface area (Å²) in [5.41, 5.74) is 1.38. The second-order valence-electron chi connectivity index (χ2n) is 2.38. The van der Waals surface area contributed by atoms with Gasteiger partial charge in [-0.05, 0) is 28.5 Å². The summed E-state index contributed by atoms with van der Waals surface area (Å²) >= 11 is 5.26. The molecular weight excluding hydrogens is 220 g/mol. The van der Waals surface area contributed by atoms with Crippen molar-refractivity contribution in [3.05, 3.63) is 35.2 Å². The number of fused-ring (bicyclic) bond motifs is 1. The number of benzene rings is 1. The second-order valence-corrected chi connectivity index (χ2v) is 3.89. The van der Waals surface area contributed by atoms with Gasteiger partial charge < -0.3 is 0 Å². The van der Waals surface area contributed by atoms with Gasteiger partial charge in [-0.2, -0.15) is 0 Å².